The smallest absolute Gasteiger partial charge is 0.345 e. The highest BCUT2D eigenvalue weighted by Crippen LogP contribution is 2.29. The van der Waals surface area contributed by atoms with E-state index in [4.69, 9.17) is 26.3 Å². The molecule has 2 aromatic rings. The summed E-state index contributed by atoms with van der Waals surface area (Å²) in [5, 5.41) is 9.12. The molecule has 2 rings (SSSR count). The Morgan fingerprint density at radius 2 is 1.95 bits per heavy atom. The summed E-state index contributed by atoms with van der Waals surface area (Å²) in [7, 11) is 1.43. The maximum absolute atomic E-state index is 12.0. The van der Waals surface area contributed by atoms with Gasteiger partial charge in [0.2, 0.25) is 0 Å². The largest absolute Gasteiger partial charge is 0.493 e. The molecule has 0 bridgehead atoms. The van der Waals surface area contributed by atoms with Crippen LogP contribution in [0.2, 0.25) is 5.02 Å². The van der Waals surface area contributed by atoms with Crippen LogP contribution in [0.5, 0.6) is 11.5 Å². The van der Waals surface area contributed by atoms with Crippen LogP contribution >= 0.6 is 11.6 Å². The van der Waals surface area contributed by atoms with E-state index in [-0.39, 0.29) is 11.3 Å². The van der Waals surface area contributed by atoms with E-state index in [2.05, 4.69) is 0 Å². The third-order valence-corrected chi connectivity index (χ3v) is 2.92. The van der Waals surface area contributed by atoms with Crippen molar-refractivity contribution in [2.75, 3.05) is 7.11 Å². The highest BCUT2D eigenvalue weighted by Gasteiger charge is 2.15. The molecule has 0 saturated heterocycles. The Kier molecular flexibility index (Phi) is 4.24. The van der Waals surface area contributed by atoms with Gasteiger partial charge >= 0.3 is 5.97 Å². The molecule has 0 aliphatic heterocycles. The van der Waals surface area contributed by atoms with E-state index in [0.29, 0.717) is 16.3 Å². The Labute approximate surface area is 121 Å². The quantitative estimate of drug-likeness (QED) is 0.641. The standard InChI is InChI=1S/C15H10ClNO3/c1-19-14-8-10(9-17)6-7-13(14)20-15(18)11-4-2-3-5-12(11)16/h2-8H,1H3. The van der Waals surface area contributed by atoms with Crippen molar-refractivity contribution >= 4 is 17.6 Å². The van der Waals surface area contributed by atoms with Crippen LogP contribution in [-0.2, 0) is 0 Å². The van der Waals surface area contributed by atoms with Crippen molar-refractivity contribution in [1.29, 1.82) is 5.26 Å². The second-order valence-corrected chi connectivity index (χ2v) is 4.25. The summed E-state index contributed by atoms with van der Waals surface area (Å²) in [5.41, 5.74) is 0.681. The van der Waals surface area contributed by atoms with E-state index >= 15 is 0 Å². The zero-order chi connectivity index (χ0) is 14.5. The molecule has 0 aliphatic carbocycles. The van der Waals surface area contributed by atoms with E-state index in [0.717, 1.165) is 0 Å². The number of nitrogens with zero attached hydrogens (tertiary/aromatic N) is 1. The van der Waals surface area contributed by atoms with Gasteiger partial charge in [-0.15, -0.1) is 0 Å². The van der Waals surface area contributed by atoms with Gasteiger partial charge in [-0.2, -0.15) is 5.26 Å². The van der Waals surface area contributed by atoms with Crippen molar-refractivity contribution in [3.63, 3.8) is 0 Å². The number of benzene rings is 2. The normalized spacial score (nSPS) is 9.65. The molecule has 0 saturated carbocycles. The Morgan fingerprint density at radius 1 is 1.20 bits per heavy atom. The topological polar surface area (TPSA) is 59.3 Å². The molecule has 0 N–H and O–H groups in total. The van der Waals surface area contributed by atoms with Gasteiger partial charge in [0.15, 0.2) is 11.5 Å². The molecule has 0 radical (unpaired) electrons. The predicted octanol–water partition coefficient (Wildman–Crippen LogP) is 3.44. The molecule has 100 valence electrons. The zero-order valence-corrected chi connectivity index (χ0v) is 11.3. The zero-order valence-electron chi connectivity index (χ0n) is 10.6. The van der Waals surface area contributed by atoms with Crippen LogP contribution in [0, 0.1) is 11.3 Å². The predicted molar refractivity (Wildman–Crippen MR) is 74.1 cm³/mol. The van der Waals surface area contributed by atoms with E-state index in [1.165, 1.54) is 25.3 Å². The van der Waals surface area contributed by atoms with Crippen molar-refractivity contribution in [1.82, 2.24) is 0 Å². The van der Waals surface area contributed by atoms with Crippen molar-refractivity contribution in [2.24, 2.45) is 0 Å². The molecular formula is C15H10ClNO3. The first-order valence-corrected chi connectivity index (χ1v) is 6.08. The number of nitriles is 1. The third-order valence-electron chi connectivity index (χ3n) is 2.59. The molecule has 0 unspecified atom stereocenters. The molecular weight excluding hydrogens is 278 g/mol. The van der Waals surface area contributed by atoms with Gasteiger partial charge in [0.25, 0.3) is 0 Å². The summed E-state index contributed by atoms with van der Waals surface area (Å²) in [6, 6.07) is 13.1. The van der Waals surface area contributed by atoms with E-state index in [9.17, 15) is 4.79 Å². The van der Waals surface area contributed by atoms with Crippen LogP contribution in [0.3, 0.4) is 0 Å². The lowest BCUT2D eigenvalue weighted by Gasteiger charge is -2.09. The average Bonchev–Trinajstić information content (AvgIpc) is 2.48. The molecule has 0 spiro atoms. The van der Waals surface area contributed by atoms with Crippen molar-refractivity contribution in [3.8, 4) is 17.6 Å². The van der Waals surface area contributed by atoms with Crippen molar-refractivity contribution < 1.29 is 14.3 Å². The Bertz CT molecular complexity index is 692. The lowest BCUT2D eigenvalue weighted by molar-refractivity contribution is 0.0730. The van der Waals surface area contributed by atoms with Crippen molar-refractivity contribution in [2.45, 2.75) is 0 Å². The molecule has 0 amide bonds. The van der Waals surface area contributed by atoms with E-state index in [1.54, 1.807) is 24.3 Å². The van der Waals surface area contributed by atoms with Crippen molar-refractivity contribution in [3.05, 3.63) is 58.6 Å². The summed E-state index contributed by atoms with van der Waals surface area (Å²) >= 11 is 5.93. The summed E-state index contributed by atoms with van der Waals surface area (Å²) in [5.74, 6) is -0.0421. The SMILES string of the molecule is COc1cc(C#N)ccc1OC(=O)c1ccccc1Cl. The van der Waals surface area contributed by atoms with Crippen LogP contribution in [-0.4, -0.2) is 13.1 Å². The molecule has 4 nitrogen and oxygen atoms in total. The fourth-order valence-electron chi connectivity index (χ4n) is 1.60. The van der Waals surface area contributed by atoms with E-state index in [1.807, 2.05) is 6.07 Å². The molecule has 0 heterocycles. The highest BCUT2D eigenvalue weighted by molar-refractivity contribution is 6.33. The summed E-state index contributed by atoms with van der Waals surface area (Å²) in [6.07, 6.45) is 0. The van der Waals surface area contributed by atoms with Gasteiger partial charge in [0.05, 0.1) is 29.3 Å². The van der Waals surface area contributed by atoms with Gasteiger partial charge in [-0.3, -0.25) is 0 Å². The number of carbonyl (C=O) groups is 1. The van der Waals surface area contributed by atoms with Gasteiger partial charge < -0.3 is 9.47 Å². The fourth-order valence-corrected chi connectivity index (χ4v) is 1.82. The number of hydrogen-bond donors (Lipinski definition) is 0. The highest BCUT2D eigenvalue weighted by atomic mass is 35.5. The monoisotopic (exact) mass is 287 g/mol. The van der Waals surface area contributed by atoms with Gasteiger partial charge in [-0.1, -0.05) is 23.7 Å². The number of ether oxygens (including phenoxy) is 2. The molecule has 2 aromatic carbocycles. The number of hydrogen-bond acceptors (Lipinski definition) is 4. The minimum atomic E-state index is -0.585. The summed E-state index contributed by atoms with van der Waals surface area (Å²) in [6.45, 7) is 0. The Hall–Kier alpha value is -2.51. The molecule has 20 heavy (non-hydrogen) atoms. The first kappa shape index (κ1) is 13.9. The molecule has 0 aliphatic rings. The summed E-state index contributed by atoms with van der Waals surface area (Å²) in [4.78, 5) is 12.0. The van der Waals surface area contributed by atoms with E-state index < -0.39 is 5.97 Å². The fraction of sp³-hybridized carbons (Fsp3) is 0.0667. The first-order valence-electron chi connectivity index (χ1n) is 5.70. The van der Waals surface area contributed by atoms with Crippen LogP contribution < -0.4 is 9.47 Å². The minimum absolute atomic E-state index is 0.233. The molecule has 0 fully saturated rings. The lowest BCUT2D eigenvalue weighted by Crippen LogP contribution is -2.09. The number of carbonyl (C=O) groups excluding carboxylic acids is 1. The molecule has 0 atom stereocenters. The van der Waals surface area contributed by atoms with Gasteiger partial charge in [0.1, 0.15) is 0 Å². The van der Waals surface area contributed by atoms with Crippen LogP contribution in [0.1, 0.15) is 15.9 Å². The minimum Gasteiger partial charge on any atom is -0.493 e. The van der Waals surface area contributed by atoms with Crippen LogP contribution in [0.15, 0.2) is 42.5 Å². The lowest BCUT2D eigenvalue weighted by atomic mass is 10.2. The number of methoxy groups -OCH3 is 1. The van der Waals surface area contributed by atoms with Crippen LogP contribution in [0.25, 0.3) is 0 Å². The number of halogens is 1. The number of rotatable bonds is 3. The van der Waals surface area contributed by atoms with Gasteiger partial charge in [0, 0.05) is 6.07 Å². The van der Waals surface area contributed by atoms with Gasteiger partial charge in [-0.25, -0.2) is 4.79 Å². The third kappa shape index (κ3) is 2.90. The van der Waals surface area contributed by atoms with Crippen LogP contribution in [0.4, 0.5) is 0 Å². The first-order chi connectivity index (χ1) is 9.65. The Balaban J connectivity index is 2.29. The molecule has 0 aromatic heterocycles. The maximum atomic E-state index is 12.0. The molecule has 5 heteroatoms. The summed E-state index contributed by atoms with van der Waals surface area (Å²) < 4.78 is 10.3. The average molecular weight is 288 g/mol. The Morgan fingerprint density at radius 3 is 2.60 bits per heavy atom. The number of esters is 1. The maximum Gasteiger partial charge on any atom is 0.345 e. The second kappa shape index (κ2) is 6.09. The second-order valence-electron chi connectivity index (χ2n) is 3.85. The van der Waals surface area contributed by atoms with Gasteiger partial charge in [-0.05, 0) is 24.3 Å².